The zero-order valence-corrected chi connectivity index (χ0v) is 17.1. The molecule has 3 aromatic heterocycles. The number of ether oxygens (including phenoxy) is 3. The monoisotopic (exact) mass is 409 g/mol. The highest BCUT2D eigenvalue weighted by atomic mass is 16.5. The summed E-state index contributed by atoms with van der Waals surface area (Å²) < 4.78 is 17.3. The summed E-state index contributed by atoms with van der Waals surface area (Å²) in [5.41, 5.74) is 3.25. The molecular formula is C25H19N3O3. The van der Waals surface area contributed by atoms with Crippen molar-refractivity contribution in [1.82, 2.24) is 15.0 Å². The molecule has 0 aliphatic heterocycles. The number of methoxy groups -OCH3 is 2. The third-order valence-electron chi connectivity index (χ3n) is 5.06. The molecule has 0 amide bonds. The molecule has 0 aliphatic carbocycles. The number of rotatable bonds is 5. The summed E-state index contributed by atoms with van der Waals surface area (Å²) >= 11 is 0. The Morgan fingerprint density at radius 2 is 1.52 bits per heavy atom. The number of aromatic nitrogens is 3. The molecule has 5 aromatic rings. The molecule has 0 fully saturated rings. The summed E-state index contributed by atoms with van der Waals surface area (Å²) in [6, 6.07) is 19.4. The van der Waals surface area contributed by atoms with Gasteiger partial charge in [-0.1, -0.05) is 30.3 Å². The highest BCUT2D eigenvalue weighted by Gasteiger charge is 2.15. The molecule has 0 bridgehead atoms. The predicted molar refractivity (Wildman–Crippen MR) is 120 cm³/mol. The summed E-state index contributed by atoms with van der Waals surface area (Å²) in [7, 11) is 3.21. The summed E-state index contributed by atoms with van der Waals surface area (Å²) in [4.78, 5) is 13.5. The first kappa shape index (κ1) is 18.8. The maximum absolute atomic E-state index is 6.44. The predicted octanol–water partition coefficient (Wildman–Crippen LogP) is 5.65. The van der Waals surface area contributed by atoms with Gasteiger partial charge in [-0.2, -0.15) is 0 Å². The Balaban J connectivity index is 1.69. The largest absolute Gasteiger partial charge is 0.493 e. The van der Waals surface area contributed by atoms with Crippen molar-refractivity contribution in [2.75, 3.05) is 14.2 Å². The lowest BCUT2D eigenvalue weighted by molar-refractivity contribution is 0.355. The van der Waals surface area contributed by atoms with Crippen LogP contribution in [0.25, 0.3) is 33.1 Å². The number of nitrogens with zero attached hydrogens (tertiary/aromatic N) is 3. The van der Waals surface area contributed by atoms with Crippen LogP contribution in [0.1, 0.15) is 0 Å². The van der Waals surface area contributed by atoms with Gasteiger partial charge >= 0.3 is 0 Å². The number of pyridine rings is 3. The van der Waals surface area contributed by atoms with E-state index in [4.69, 9.17) is 19.2 Å². The van der Waals surface area contributed by atoms with Gasteiger partial charge in [0.05, 0.1) is 31.4 Å². The number of benzene rings is 2. The van der Waals surface area contributed by atoms with Gasteiger partial charge in [0, 0.05) is 34.8 Å². The molecule has 0 saturated heterocycles. The minimum absolute atomic E-state index is 0.610. The summed E-state index contributed by atoms with van der Waals surface area (Å²) in [6.45, 7) is 0. The topological polar surface area (TPSA) is 66.4 Å². The van der Waals surface area contributed by atoms with E-state index in [0.717, 1.165) is 33.1 Å². The van der Waals surface area contributed by atoms with Gasteiger partial charge in [-0.25, -0.2) is 4.98 Å². The average molecular weight is 409 g/mol. The Morgan fingerprint density at radius 3 is 2.32 bits per heavy atom. The molecule has 6 heteroatoms. The van der Waals surface area contributed by atoms with Crippen LogP contribution in [0.15, 0.2) is 79.3 Å². The van der Waals surface area contributed by atoms with Gasteiger partial charge in [0.2, 0.25) is 0 Å². The van der Waals surface area contributed by atoms with Crippen molar-refractivity contribution in [3.05, 3.63) is 79.3 Å². The lowest BCUT2D eigenvalue weighted by Gasteiger charge is -2.15. The molecule has 0 radical (unpaired) electrons. The van der Waals surface area contributed by atoms with Crippen molar-refractivity contribution < 1.29 is 14.2 Å². The fourth-order valence-corrected chi connectivity index (χ4v) is 3.53. The van der Waals surface area contributed by atoms with Gasteiger partial charge in [-0.3, -0.25) is 9.97 Å². The van der Waals surface area contributed by atoms with Crippen LogP contribution in [0.2, 0.25) is 0 Å². The Labute approximate surface area is 179 Å². The van der Waals surface area contributed by atoms with Gasteiger partial charge in [-0.15, -0.1) is 0 Å². The standard InChI is InChI=1S/C25H19N3O3/c1-29-22-13-18-19(14-23(22)30-2)27-11-9-21(18)31-24-12-17-8-10-26-15-20(17)28-25(24)16-6-4-3-5-7-16/h3-15H,1-2H3. The fourth-order valence-electron chi connectivity index (χ4n) is 3.53. The second-order valence-corrected chi connectivity index (χ2v) is 6.91. The second-order valence-electron chi connectivity index (χ2n) is 6.91. The molecule has 0 aliphatic rings. The lowest BCUT2D eigenvalue weighted by atomic mass is 10.1. The molecule has 0 unspecified atom stereocenters. The van der Waals surface area contributed by atoms with Crippen LogP contribution in [-0.4, -0.2) is 29.2 Å². The molecule has 0 spiro atoms. The average Bonchev–Trinajstić information content (AvgIpc) is 2.83. The van der Waals surface area contributed by atoms with Crippen molar-refractivity contribution >= 4 is 21.8 Å². The fraction of sp³-hybridized carbons (Fsp3) is 0.0800. The molecule has 0 saturated carbocycles. The Hall–Kier alpha value is -4.19. The minimum atomic E-state index is 0.610. The molecule has 2 aromatic carbocycles. The van der Waals surface area contributed by atoms with Crippen LogP contribution in [0.4, 0.5) is 0 Å². The van der Waals surface area contributed by atoms with Crippen molar-refractivity contribution in [1.29, 1.82) is 0 Å². The molecule has 6 nitrogen and oxygen atoms in total. The van der Waals surface area contributed by atoms with Crippen LogP contribution in [0.5, 0.6) is 23.0 Å². The molecule has 3 heterocycles. The van der Waals surface area contributed by atoms with E-state index in [9.17, 15) is 0 Å². The van der Waals surface area contributed by atoms with Gasteiger partial charge in [0.1, 0.15) is 11.4 Å². The van der Waals surface area contributed by atoms with E-state index in [1.165, 1.54) is 0 Å². The molecule has 0 atom stereocenters. The first-order chi connectivity index (χ1) is 15.3. The number of hydrogen-bond acceptors (Lipinski definition) is 6. The van der Waals surface area contributed by atoms with E-state index in [1.807, 2.05) is 60.7 Å². The van der Waals surface area contributed by atoms with Crippen molar-refractivity contribution in [3.63, 3.8) is 0 Å². The van der Waals surface area contributed by atoms with Crippen LogP contribution < -0.4 is 14.2 Å². The van der Waals surface area contributed by atoms with Crippen LogP contribution in [0.3, 0.4) is 0 Å². The van der Waals surface area contributed by atoms with Crippen molar-refractivity contribution in [2.45, 2.75) is 0 Å². The summed E-state index contributed by atoms with van der Waals surface area (Å²) in [6.07, 6.45) is 5.21. The van der Waals surface area contributed by atoms with Gasteiger partial charge in [-0.05, 0) is 24.3 Å². The van der Waals surface area contributed by atoms with E-state index < -0.39 is 0 Å². The third-order valence-corrected chi connectivity index (χ3v) is 5.06. The smallest absolute Gasteiger partial charge is 0.162 e. The van der Waals surface area contributed by atoms with Gasteiger partial charge < -0.3 is 14.2 Å². The molecular weight excluding hydrogens is 390 g/mol. The SMILES string of the molecule is COc1cc2nccc(Oc3cc4ccncc4nc3-c3ccccc3)c2cc1OC. The quantitative estimate of drug-likeness (QED) is 0.373. The van der Waals surface area contributed by atoms with Crippen molar-refractivity contribution in [3.8, 4) is 34.3 Å². The highest BCUT2D eigenvalue weighted by Crippen LogP contribution is 2.39. The van der Waals surface area contributed by atoms with Crippen LogP contribution in [0, 0.1) is 0 Å². The highest BCUT2D eigenvalue weighted by molar-refractivity contribution is 5.89. The van der Waals surface area contributed by atoms with E-state index in [0.29, 0.717) is 23.0 Å². The molecule has 0 N–H and O–H groups in total. The Bertz CT molecular complexity index is 1390. The first-order valence-electron chi connectivity index (χ1n) is 9.75. The van der Waals surface area contributed by atoms with Crippen molar-refractivity contribution in [2.24, 2.45) is 0 Å². The zero-order valence-electron chi connectivity index (χ0n) is 17.1. The van der Waals surface area contributed by atoms with Crippen LogP contribution >= 0.6 is 0 Å². The Morgan fingerprint density at radius 1 is 0.710 bits per heavy atom. The first-order valence-corrected chi connectivity index (χ1v) is 9.75. The second kappa shape index (κ2) is 7.91. The molecule has 5 rings (SSSR count). The Kier molecular flexibility index (Phi) is 4.80. The number of fused-ring (bicyclic) bond motifs is 2. The van der Waals surface area contributed by atoms with Crippen LogP contribution in [-0.2, 0) is 0 Å². The maximum Gasteiger partial charge on any atom is 0.162 e. The molecule has 31 heavy (non-hydrogen) atoms. The van der Waals surface area contributed by atoms with Gasteiger partial charge in [0.25, 0.3) is 0 Å². The van der Waals surface area contributed by atoms with E-state index >= 15 is 0 Å². The lowest BCUT2D eigenvalue weighted by Crippen LogP contribution is -1.96. The summed E-state index contributed by atoms with van der Waals surface area (Å²) in [5, 5.41) is 1.76. The zero-order chi connectivity index (χ0) is 21.2. The van der Waals surface area contributed by atoms with E-state index in [2.05, 4.69) is 9.97 Å². The van der Waals surface area contributed by atoms with E-state index in [1.54, 1.807) is 32.8 Å². The minimum Gasteiger partial charge on any atom is -0.493 e. The number of hydrogen-bond donors (Lipinski definition) is 0. The molecule has 152 valence electrons. The van der Waals surface area contributed by atoms with Gasteiger partial charge in [0.15, 0.2) is 17.2 Å². The summed E-state index contributed by atoms with van der Waals surface area (Å²) in [5.74, 6) is 2.52. The normalized spacial score (nSPS) is 10.9. The van der Waals surface area contributed by atoms with E-state index in [-0.39, 0.29) is 0 Å². The maximum atomic E-state index is 6.44. The third kappa shape index (κ3) is 3.48.